The molecule has 2 aliphatic heterocycles. The van der Waals surface area contributed by atoms with Gasteiger partial charge in [-0.15, -0.1) is 0 Å². The molecule has 0 radical (unpaired) electrons. The van der Waals surface area contributed by atoms with Gasteiger partial charge in [-0.05, 0) is 76.9 Å². The lowest BCUT2D eigenvalue weighted by Crippen LogP contribution is -2.47. The molecule has 2 aliphatic rings. The maximum atomic E-state index is 13.2. The van der Waals surface area contributed by atoms with E-state index in [2.05, 4.69) is 50.2 Å². The highest BCUT2D eigenvalue weighted by Crippen LogP contribution is 2.22. The molecule has 0 aromatic heterocycles. The number of benzene rings is 1. The Labute approximate surface area is 273 Å². The van der Waals surface area contributed by atoms with E-state index in [0.717, 1.165) is 23.9 Å². The van der Waals surface area contributed by atoms with E-state index in [0.29, 0.717) is 31.5 Å². The maximum absolute atomic E-state index is 13.2. The zero-order valence-corrected chi connectivity index (χ0v) is 29.5. The first-order valence-electron chi connectivity index (χ1n) is 16.8. The molecule has 4 amide bonds. The molecular formula is C36H61N5O4. The predicted octanol–water partition coefficient (Wildman–Crippen LogP) is 5.01. The third kappa shape index (κ3) is 15.1. The van der Waals surface area contributed by atoms with Gasteiger partial charge in [-0.2, -0.15) is 0 Å². The van der Waals surface area contributed by atoms with Crippen LogP contribution in [0.3, 0.4) is 0 Å². The minimum absolute atomic E-state index is 0.0616. The van der Waals surface area contributed by atoms with Gasteiger partial charge in [-0.1, -0.05) is 77.4 Å². The summed E-state index contributed by atoms with van der Waals surface area (Å²) in [7, 11) is 1.66. The Balaban J connectivity index is 0.000000644. The first kappa shape index (κ1) is 39.8. The number of nitrogens with zero attached hydrogens (tertiary/aromatic N) is 3. The van der Waals surface area contributed by atoms with E-state index >= 15 is 0 Å². The largest absolute Gasteiger partial charge is 0.350 e. The van der Waals surface area contributed by atoms with Gasteiger partial charge >= 0.3 is 0 Å². The summed E-state index contributed by atoms with van der Waals surface area (Å²) >= 11 is 0. The summed E-state index contributed by atoms with van der Waals surface area (Å²) in [6, 6.07) is 9.61. The normalized spacial score (nSPS) is 17.6. The molecule has 2 atom stereocenters. The van der Waals surface area contributed by atoms with Crippen LogP contribution in [-0.4, -0.2) is 90.2 Å². The molecule has 0 saturated carbocycles. The number of carbonyl (C=O) groups excluding carboxylic acids is 4. The number of hydrogen-bond acceptors (Lipinski definition) is 5. The summed E-state index contributed by atoms with van der Waals surface area (Å²) in [6.07, 6.45) is 7.94. The Morgan fingerprint density at radius 1 is 0.933 bits per heavy atom. The van der Waals surface area contributed by atoms with Gasteiger partial charge < -0.3 is 25.3 Å². The van der Waals surface area contributed by atoms with Crippen LogP contribution in [0.2, 0.25) is 0 Å². The van der Waals surface area contributed by atoms with Crippen molar-refractivity contribution < 1.29 is 19.2 Å². The summed E-state index contributed by atoms with van der Waals surface area (Å²) in [4.78, 5) is 54.5. The van der Waals surface area contributed by atoms with Crippen molar-refractivity contribution in [1.82, 2.24) is 25.3 Å². The van der Waals surface area contributed by atoms with Crippen LogP contribution in [0.15, 0.2) is 42.0 Å². The minimum Gasteiger partial charge on any atom is -0.350 e. The number of likely N-dealkylation sites (N-methyl/N-ethyl adjacent to an activating group) is 1. The topological polar surface area (TPSA) is 102 Å². The van der Waals surface area contributed by atoms with E-state index in [4.69, 9.17) is 0 Å². The fourth-order valence-electron chi connectivity index (χ4n) is 5.35. The van der Waals surface area contributed by atoms with E-state index < -0.39 is 6.04 Å². The molecule has 0 unspecified atom stereocenters. The number of rotatable bonds is 11. The number of piperidine rings is 1. The predicted molar refractivity (Wildman–Crippen MR) is 183 cm³/mol. The summed E-state index contributed by atoms with van der Waals surface area (Å²) in [6.45, 7) is 20.2. The molecule has 45 heavy (non-hydrogen) atoms. The van der Waals surface area contributed by atoms with Gasteiger partial charge in [0.25, 0.3) is 0 Å². The van der Waals surface area contributed by atoms with Crippen LogP contribution in [0.5, 0.6) is 0 Å². The molecule has 0 spiro atoms. The maximum Gasteiger partial charge on any atom is 0.249 e. The number of hydrogen-bond donors (Lipinski definition) is 2. The lowest BCUT2D eigenvalue weighted by atomic mass is 9.99. The van der Waals surface area contributed by atoms with Crippen molar-refractivity contribution in [3.05, 3.63) is 47.5 Å². The Kier molecular flexibility index (Phi) is 19.0. The molecule has 9 heteroatoms. The van der Waals surface area contributed by atoms with E-state index in [9.17, 15) is 19.2 Å². The van der Waals surface area contributed by atoms with Crippen LogP contribution in [0, 0.1) is 11.8 Å². The van der Waals surface area contributed by atoms with Crippen molar-refractivity contribution >= 4 is 24.1 Å². The molecule has 1 aromatic carbocycles. The Bertz CT molecular complexity index is 1050. The van der Waals surface area contributed by atoms with Gasteiger partial charge in [-0.25, -0.2) is 0 Å². The van der Waals surface area contributed by atoms with Gasteiger partial charge in [0.05, 0.1) is 12.6 Å². The fraction of sp³-hybridized carbons (Fsp3) is 0.667. The van der Waals surface area contributed by atoms with E-state index in [-0.39, 0.29) is 36.2 Å². The summed E-state index contributed by atoms with van der Waals surface area (Å²) in [5.74, 6) is 0.304. The molecule has 2 saturated heterocycles. The fourth-order valence-corrected chi connectivity index (χ4v) is 5.35. The molecule has 0 aliphatic carbocycles. The Hall–Kier alpha value is -3.20. The highest BCUT2D eigenvalue weighted by atomic mass is 16.2. The molecule has 254 valence electrons. The highest BCUT2D eigenvalue weighted by Gasteiger charge is 2.35. The molecular weight excluding hydrogens is 566 g/mol. The third-order valence-electron chi connectivity index (χ3n) is 7.87. The van der Waals surface area contributed by atoms with Crippen LogP contribution >= 0.6 is 0 Å². The number of likely N-dealkylation sites (tertiary alicyclic amines) is 2. The second-order valence-corrected chi connectivity index (χ2v) is 13.4. The zero-order chi connectivity index (χ0) is 33.9. The van der Waals surface area contributed by atoms with Crippen molar-refractivity contribution in [2.45, 2.75) is 112 Å². The third-order valence-corrected chi connectivity index (χ3v) is 7.87. The van der Waals surface area contributed by atoms with Crippen LogP contribution in [0.1, 0.15) is 93.1 Å². The zero-order valence-electron chi connectivity index (χ0n) is 29.5. The van der Waals surface area contributed by atoms with Crippen molar-refractivity contribution in [1.29, 1.82) is 0 Å². The molecule has 3 rings (SSSR count). The molecule has 2 fully saturated rings. The number of nitrogens with one attached hydrogen (secondary N) is 2. The van der Waals surface area contributed by atoms with Crippen LogP contribution < -0.4 is 10.6 Å². The average Bonchev–Trinajstić information content (AvgIpc) is 3.51. The second kappa shape index (κ2) is 21.5. The first-order chi connectivity index (χ1) is 21.3. The Morgan fingerprint density at radius 3 is 2.04 bits per heavy atom. The summed E-state index contributed by atoms with van der Waals surface area (Å²) in [5, 5.41) is 5.31. The van der Waals surface area contributed by atoms with E-state index in [1.165, 1.54) is 37.3 Å². The van der Waals surface area contributed by atoms with Gasteiger partial charge in [0.1, 0.15) is 6.04 Å². The minimum atomic E-state index is -0.497. The van der Waals surface area contributed by atoms with Crippen LogP contribution in [0.4, 0.5) is 0 Å². The van der Waals surface area contributed by atoms with E-state index in [1.807, 2.05) is 44.2 Å². The smallest absolute Gasteiger partial charge is 0.249 e. The van der Waals surface area contributed by atoms with Gasteiger partial charge in [0, 0.05) is 31.8 Å². The summed E-state index contributed by atoms with van der Waals surface area (Å²) in [5.41, 5.74) is 1.50. The van der Waals surface area contributed by atoms with Crippen molar-refractivity contribution in [2.24, 2.45) is 11.8 Å². The van der Waals surface area contributed by atoms with Crippen LogP contribution in [0.25, 0.3) is 0 Å². The van der Waals surface area contributed by atoms with Crippen molar-refractivity contribution in [3.8, 4) is 0 Å². The Morgan fingerprint density at radius 2 is 1.53 bits per heavy atom. The second-order valence-electron chi connectivity index (χ2n) is 13.4. The lowest BCUT2D eigenvalue weighted by molar-refractivity contribution is -0.135. The van der Waals surface area contributed by atoms with E-state index in [1.54, 1.807) is 24.9 Å². The first-order valence-corrected chi connectivity index (χ1v) is 16.8. The lowest BCUT2D eigenvalue weighted by Gasteiger charge is -2.30. The van der Waals surface area contributed by atoms with Gasteiger partial charge in [-0.3, -0.25) is 19.2 Å². The highest BCUT2D eigenvalue weighted by molar-refractivity contribution is 5.97. The quantitative estimate of drug-likeness (QED) is 0.265. The van der Waals surface area contributed by atoms with Gasteiger partial charge in [0.2, 0.25) is 24.1 Å². The summed E-state index contributed by atoms with van der Waals surface area (Å²) < 4.78 is 0. The molecule has 1 aromatic rings. The average molecular weight is 628 g/mol. The number of amides is 4. The molecule has 0 bridgehead atoms. The SMILES string of the molecule is C/C(=C\[C@H](C(C)C)N(C)C(=O)CNC=O)C(=O)N1CCC[C@H]1C(=O)NCc1ccccc1.CC(C)C.CC(C)N1CCCCC1. The van der Waals surface area contributed by atoms with Crippen LogP contribution in [-0.2, 0) is 25.7 Å². The number of carbonyl (C=O) groups is 4. The molecule has 9 nitrogen and oxygen atoms in total. The van der Waals surface area contributed by atoms with Crippen molar-refractivity contribution in [2.75, 3.05) is 33.2 Å². The standard InChI is InChI=1S/C24H34N4O4.C8H17N.C4H10/c1-17(2)21(27(4)22(30)15-25-16-29)13-18(3)24(32)28-12-8-11-20(28)23(31)26-14-19-9-6-5-7-10-19;1-8(2)9-6-4-3-5-7-9;1-4(2)3/h5-7,9-10,13,16-17,20-21H,8,11-12,14-15H2,1-4H3,(H,25,29)(H,26,31);8H,3-7H2,1-2H3;4H,1-3H3/b18-13+;;/t20-,21+;;/m0../s1. The van der Waals surface area contributed by atoms with Crippen molar-refractivity contribution in [3.63, 3.8) is 0 Å². The molecule has 2 heterocycles. The molecule has 2 N–H and O–H groups in total. The monoisotopic (exact) mass is 627 g/mol. The van der Waals surface area contributed by atoms with Gasteiger partial charge in [0.15, 0.2) is 0 Å².